The fraction of sp³-hybridized carbons (Fsp3) is 0.333. The number of carbonyl (C=O) groups excluding carboxylic acids is 2. The third kappa shape index (κ3) is 3.86. The average Bonchev–Trinajstić information content (AvgIpc) is 3.17. The smallest absolute Gasteiger partial charge is 0.255 e. The molecule has 2 aromatic carbocycles. The molecule has 0 unspecified atom stereocenters. The van der Waals surface area contributed by atoms with Crippen LogP contribution in [-0.4, -0.2) is 48.8 Å². The molecular weight excluding hydrogens is 344 g/mol. The summed E-state index contributed by atoms with van der Waals surface area (Å²) in [6.07, 6.45) is 1.40. The molecule has 4 rings (SSSR count). The van der Waals surface area contributed by atoms with Crippen molar-refractivity contribution in [3.8, 4) is 0 Å². The first-order valence-electron chi connectivity index (χ1n) is 9.19. The summed E-state index contributed by atoms with van der Waals surface area (Å²) in [4.78, 5) is 26.7. The van der Waals surface area contributed by atoms with E-state index >= 15 is 0 Å². The first kappa shape index (κ1) is 17.7. The predicted octanol–water partition coefficient (Wildman–Crippen LogP) is 2.92. The largest absolute Gasteiger partial charge is 0.347 e. The van der Waals surface area contributed by atoms with Gasteiger partial charge >= 0.3 is 0 Å². The Hall–Kier alpha value is -2.70. The number of nitrogens with one attached hydrogen (secondary N) is 1. The Morgan fingerprint density at radius 2 is 1.48 bits per heavy atom. The molecule has 2 saturated heterocycles. The van der Waals surface area contributed by atoms with Crippen LogP contribution in [0.15, 0.2) is 54.6 Å². The van der Waals surface area contributed by atoms with E-state index in [0.29, 0.717) is 56.0 Å². The number of nitrogens with zero attached hydrogens (tertiary/aromatic N) is 1. The van der Waals surface area contributed by atoms with Crippen LogP contribution in [0.4, 0.5) is 5.69 Å². The van der Waals surface area contributed by atoms with Crippen LogP contribution in [0.25, 0.3) is 0 Å². The molecular formula is C21H22N2O4. The van der Waals surface area contributed by atoms with Gasteiger partial charge in [0.2, 0.25) is 0 Å². The molecule has 2 aliphatic heterocycles. The van der Waals surface area contributed by atoms with Crippen molar-refractivity contribution in [2.45, 2.75) is 18.6 Å². The summed E-state index contributed by atoms with van der Waals surface area (Å²) in [5, 5.41) is 2.84. The van der Waals surface area contributed by atoms with E-state index in [2.05, 4.69) is 5.32 Å². The summed E-state index contributed by atoms with van der Waals surface area (Å²) in [6.45, 7) is 2.49. The van der Waals surface area contributed by atoms with Crippen molar-refractivity contribution in [3.63, 3.8) is 0 Å². The highest BCUT2D eigenvalue weighted by Crippen LogP contribution is 2.31. The van der Waals surface area contributed by atoms with Gasteiger partial charge in [0.1, 0.15) is 0 Å². The molecule has 140 valence electrons. The van der Waals surface area contributed by atoms with Gasteiger partial charge in [-0.1, -0.05) is 18.2 Å². The summed E-state index contributed by atoms with van der Waals surface area (Å²) >= 11 is 0. The number of rotatable bonds is 3. The van der Waals surface area contributed by atoms with Crippen molar-refractivity contribution in [2.75, 3.05) is 31.6 Å². The highest BCUT2D eigenvalue weighted by atomic mass is 16.7. The zero-order valence-electron chi connectivity index (χ0n) is 15.0. The fourth-order valence-electron chi connectivity index (χ4n) is 3.51. The molecule has 0 saturated carbocycles. The molecule has 2 aromatic rings. The van der Waals surface area contributed by atoms with E-state index in [-0.39, 0.29) is 11.8 Å². The molecule has 1 spiro atoms. The average molecular weight is 366 g/mol. The zero-order chi connectivity index (χ0) is 18.7. The molecule has 0 aliphatic carbocycles. The minimum atomic E-state index is -0.484. The number of benzene rings is 2. The van der Waals surface area contributed by atoms with E-state index < -0.39 is 5.79 Å². The summed E-state index contributed by atoms with van der Waals surface area (Å²) in [5.41, 5.74) is 1.86. The molecule has 27 heavy (non-hydrogen) atoms. The van der Waals surface area contributed by atoms with Gasteiger partial charge in [0.25, 0.3) is 11.8 Å². The van der Waals surface area contributed by atoms with Gasteiger partial charge in [-0.15, -0.1) is 0 Å². The van der Waals surface area contributed by atoms with Crippen molar-refractivity contribution >= 4 is 17.5 Å². The van der Waals surface area contributed by atoms with Crippen LogP contribution in [0.5, 0.6) is 0 Å². The van der Waals surface area contributed by atoms with Gasteiger partial charge in [-0.2, -0.15) is 0 Å². The van der Waals surface area contributed by atoms with Crippen LogP contribution < -0.4 is 5.32 Å². The van der Waals surface area contributed by atoms with Crippen molar-refractivity contribution in [1.82, 2.24) is 4.90 Å². The van der Waals surface area contributed by atoms with Crippen LogP contribution in [-0.2, 0) is 9.47 Å². The third-order valence-corrected chi connectivity index (χ3v) is 5.05. The second kappa shape index (κ2) is 7.50. The van der Waals surface area contributed by atoms with Crippen LogP contribution in [0.3, 0.4) is 0 Å². The van der Waals surface area contributed by atoms with Gasteiger partial charge in [-0.3, -0.25) is 9.59 Å². The Labute approximate surface area is 158 Å². The van der Waals surface area contributed by atoms with E-state index in [4.69, 9.17) is 9.47 Å². The number of hydrogen-bond donors (Lipinski definition) is 1. The van der Waals surface area contributed by atoms with Crippen LogP contribution in [0, 0.1) is 0 Å². The van der Waals surface area contributed by atoms with Crippen LogP contribution in [0.2, 0.25) is 0 Å². The molecule has 6 heteroatoms. The maximum Gasteiger partial charge on any atom is 0.255 e. The lowest BCUT2D eigenvalue weighted by Crippen LogP contribution is -2.47. The molecule has 0 bridgehead atoms. The SMILES string of the molecule is O=C(Nc1ccc(C(=O)N2CCC3(CC2)OCCO3)cc1)c1ccccc1. The molecule has 2 amide bonds. The molecule has 2 fully saturated rings. The van der Waals surface area contributed by atoms with E-state index in [1.165, 1.54) is 0 Å². The zero-order valence-corrected chi connectivity index (χ0v) is 15.0. The maximum atomic E-state index is 12.7. The quantitative estimate of drug-likeness (QED) is 0.907. The Kier molecular flexibility index (Phi) is 4.92. The number of piperidine rings is 1. The molecule has 2 aliphatic rings. The molecule has 1 N–H and O–H groups in total. The number of carbonyl (C=O) groups is 2. The van der Waals surface area contributed by atoms with E-state index in [9.17, 15) is 9.59 Å². The first-order chi connectivity index (χ1) is 13.2. The monoisotopic (exact) mass is 366 g/mol. The topological polar surface area (TPSA) is 67.9 Å². The standard InChI is InChI=1S/C21H22N2O4/c24-19(16-4-2-1-3-5-16)22-18-8-6-17(7-9-18)20(25)23-12-10-21(11-13-23)26-14-15-27-21/h1-9H,10-15H2,(H,22,24). The fourth-order valence-corrected chi connectivity index (χ4v) is 3.51. The first-order valence-corrected chi connectivity index (χ1v) is 9.19. The lowest BCUT2D eigenvalue weighted by molar-refractivity contribution is -0.181. The van der Waals surface area contributed by atoms with Gasteiger partial charge in [0, 0.05) is 42.7 Å². The summed E-state index contributed by atoms with van der Waals surface area (Å²) in [7, 11) is 0. The number of ether oxygens (including phenoxy) is 2. The minimum absolute atomic E-state index is 0.0104. The Balaban J connectivity index is 1.36. The normalized spacial score (nSPS) is 18.4. The number of hydrogen-bond acceptors (Lipinski definition) is 4. The molecule has 6 nitrogen and oxygen atoms in total. The minimum Gasteiger partial charge on any atom is -0.347 e. The number of anilines is 1. The third-order valence-electron chi connectivity index (χ3n) is 5.05. The Bertz CT molecular complexity index is 804. The van der Waals surface area contributed by atoms with Crippen molar-refractivity contribution in [3.05, 3.63) is 65.7 Å². The van der Waals surface area contributed by atoms with Crippen molar-refractivity contribution in [1.29, 1.82) is 0 Å². The highest BCUT2D eigenvalue weighted by Gasteiger charge is 2.40. The van der Waals surface area contributed by atoms with E-state index in [0.717, 1.165) is 0 Å². The maximum absolute atomic E-state index is 12.7. The lowest BCUT2D eigenvalue weighted by atomic mass is 10.0. The van der Waals surface area contributed by atoms with E-state index in [1.807, 2.05) is 23.1 Å². The Morgan fingerprint density at radius 1 is 0.852 bits per heavy atom. The summed E-state index contributed by atoms with van der Waals surface area (Å²) in [6, 6.07) is 16.0. The van der Waals surface area contributed by atoms with E-state index in [1.54, 1.807) is 36.4 Å². The molecule has 0 atom stereocenters. The van der Waals surface area contributed by atoms with Crippen molar-refractivity contribution < 1.29 is 19.1 Å². The summed E-state index contributed by atoms with van der Waals surface area (Å²) < 4.78 is 11.4. The van der Waals surface area contributed by atoms with Gasteiger partial charge in [0.05, 0.1) is 13.2 Å². The highest BCUT2D eigenvalue weighted by molar-refractivity contribution is 6.04. The van der Waals surface area contributed by atoms with Gasteiger partial charge in [-0.25, -0.2) is 0 Å². The van der Waals surface area contributed by atoms with Crippen molar-refractivity contribution in [2.24, 2.45) is 0 Å². The van der Waals surface area contributed by atoms with Crippen LogP contribution in [0.1, 0.15) is 33.6 Å². The van der Waals surface area contributed by atoms with Gasteiger partial charge in [0.15, 0.2) is 5.79 Å². The number of amides is 2. The van der Waals surface area contributed by atoms with Gasteiger partial charge < -0.3 is 19.7 Å². The second-order valence-electron chi connectivity index (χ2n) is 6.80. The molecule has 0 aromatic heterocycles. The summed E-state index contributed by atoms with van der Waals surface area (Å²) in [5.74, 6) is -0.668. The Morgan fingerprint density at radius 3 is 2.11 bits per heavy atom. The predicted molar refractivity (Wildman–Crippen MR) is 101 cm³/mol. The second-order valence-corrected chi connectivity index (χ2v) is 6.80. The lowest BCUT2D eigenvalue weighted by Gasteiger charge is -2.37. The van der Waals surface area contributed by atoms with Crippen LogP contribution >= 0.6 is 0 Å². The van der Waals surface area contributed by atoms with Gasteiger partial charge in [-0.05, 0) is 36.4 Å². The molecule has 2 heterocycles. The molecule has 0 radical (unpaired) electrons. The number of likely N-dealkylation sites (tertiary alicyclic amines) is 1.